The number of carbonyl (C=O) groups is 1. The Hall–Kier alpha value is -1.36. The SMILES string of the molecule is C=C(C[C@H](N)C(=O)OC)N=CN(C)CC.CC. The van der Waals surface area contributed by atoms with Crippen molar-refractivity contribution in [1.29, 1.82) is 0 Å². The minimum atomic E-state index is -0.688. The van der Waals surface area contributed by atoms with Crippen LogP contribution in [-0.4, -0.2) is 44.0 Å². The van der Waals surface area contributed by atoms with E-state index >= 15 is 0 Å². The molecular weight excluding hydrogens is 218 g/mol. The minimum absolute atomic E-state index is 0.306. The van der Waals surface area contributed by atoms with E-state index in [1.807, 2.05) is 32.7 Å². The molecule has 0 aliphatic heterocycles. The molecule has 100 valence electrons. The van der Waals surface area contributed by atoms with Crippen molar-refractivity contribution in [3.05, 3.63) is 12.3 Å². The van der Waals surface area contributed by atoms with E-state index in [0.29, 0.717) is 12.1 Å². The van der Waals surface area contributed by atoms with Crippen LogP contribution in [0.15, 0.2) is 17.3 Å². The quantitative estimate of drug-likeness (QED) is 0.435. The first-order chi connectivity index (χ1) is 8.01. The first-order valence-electron chi connectivity index (χ1n) is 5.76. The van der Waals surface area contributed by atoms with Crippen LogP contribution >= 0.6 is 0 Å². The van der Waals surface area contributed by atoms with Gasteiger partial charge in [0, 0.05) is 25.7 Å². The fourth-order valence-electron chi connectivity index (χ4n) is 0.803. The second-order valence-corrected chi connectivity index (χ2v) is 3.22. The van der Waals surface area contributed by atoms with Gasteiger partial charge in [0.05, 0.1) is 13.4 Å². The molecule has 0 aliphatic rings. The molecule has 0 aromatic heterocycles. The Balaban J connectivity index is 0. The second kappa shape index (κ2) is 11.1. The standard InChI is InChI=1S/C10H19N3O2.C2H6/c1-5-13(3)7-12-8(2)6-9(11)10(14)15-4;1-2/h7,9H,2,5-6,11H2,1,3-4H3;1-2H3/t9-;/m0./s1. The van der Waals surface area contributed by atoms with Crippen LogP contribution < -0.4 is 5.73 Å². The van der Waals surface area contributed by atoms with E-state index in [9.17, 15) is 4.79 Å². The van der Waals surface area contributed by atoms with Crippen molar-refractivity contribution in [2.75, 3.05) is 20.7 Å². The number of rotatable bonds is 6. The lowest BCUT2D eigenvalue weighted by atomic mass is 10.2. The lowest BCUT2D eigenvalue weighted by Crippen LogP contribution is -2.31. The van der Waals surface area contributed by atoms with Gasteiger partial charge in [-0.25, -0.2) is 4.99 Å². The molecule has 0 saturated carbocycles. The van der Waals surface area contributed by atoms with Crippen LogP contribution in [0.2, 0.25) is 0 Å². The molecule has 0 radical (unpaired) electrons. The molecule has 0 amide bonds. The third-order valence-corrected chi connectivity index (χ3v) is 1.90. The van der Waals surface area contributed by atoms with E-state index in [1.165, 1.54) is 7.11 Å². The highest BCUT2D eigenvalue weighted by Crippen LogP contribution is 2.03. The predicted octanol–water partition coefficient (Wildman–Crippen LogP) is 1.40. The summed E-state index contributed by atoms with van der Waals surface area (Å²) in [5.41, 5.74) is 6.11. The number of carbonyl (C=O) groups excluding carboxylic acids is 1. The normalized spacial score (nSPS) is 11.4. The summed E-state index contributed by atoms with van der Waals surface area (Å²) in [5.74, 6) is -0.449. The van der Waals surface area contributed by atoms with Gasteiger partial charge in [-0.05, 0) is 6.92 Å². The van der Waals surface area contributed by atoms with Gasteiger partial charge in [-0.3, -0.25) is 4.79 Å². The van der Waals surface area contributed by atoms with Crippen LogP contribution in [0.3, 0.4) is 0 Å². The van der Waals surface area contributed by atoms with Crippen LogP contribution in [0.5, 0.6) is 0 Å². The predicted molar refractivity (Wildman–Crippen MR) is 71.9 cm³/mol. The van der Waals surface area contributed by atoms with Crippen molar-refractivity contribution in [2.24, 2.45) is 10.7 Å². The maximum absolute atomic E-state index is 11.0. The van der Waals surface area contributed by atoms with E-state index in [4.69, 9.17) is 5.73 Å². The van der Waals surface area contributed by atoms with Crippen molar-refractivity contribution in [1.82, 2.24) is 4.90 Å². The molecule has 0 saturated heterocycles. The average molecular weight is 243 g/mol. The van der Waals surface area contributed by atoms with Gasteiger partial charge in [-0.1, -0.05) is 20.4 Å². The molecule has 0 aromatic carbocycles. The van der Waals surface area contributed by atoms with Gasteiger partial charge in [-0.2, -0.15) is 0 Å². The Kier molecular flexibility index (Phi) is 11.8. The molecule has 2 N–H and O–H groups in total. The van der Waals surface area contributed by atoms with Crippen LogP contribution in [0.1, 0.15) is 27.2 Å². The second-order valence-electron chi connectivity index (χ2n) is 3.22. The molecule has 0 fully saturated rings. The zero-order valence-electron chi connectivity index (χ0n) is 11.6. The summed E-state index contributed by atoms with van der Waals surface area (Å²) in [5, 5.41) is 0. The van der Waals surface area contributed by atoms with Crippen molar-refractivity contribution in [3.63, 3.8) is 0 Å². The topological polar surface area (TPSA) is 67.9 Å². The number of ether oxygens (including phenoxy) is 1. The fraction of sp³-hybridized carbons (Fsp3) is 0.667. The van der Waals surface area contributed by atoms with Gasteiger partial charge in [-0.15, -0.1) is 0 Å². The molecule has 0 unspecified atom stereocenters. The molecule has 0 spiro atoms. The van der Waals surface area contributed by atoms with E-state index < -0.39 is 12.0 Å². The third kappa shape index (κ3) is 9.56. The van der Waals surface area contributed by atoms with Gasteiger partial charge in [0.2, 0.25) is 0 Å². The first kappa shape index (κ1) is 18.0. The number of aliphatic imine (C=N–C) groups is 1. The monoisotopic (exact) mass is 243 g/mol. The lowest BCUT2D eigenvalue weighted by Gasteiger charge is -2.10. The van der Waals surface area contributed by atoms with Crippen molar-refractivity contribution >= 4 is 12.3 Å². The Morgan fingerprint density at radius 2 is 2.12 bits per heavy atom. The van der Waals surface area contributed by atoms with Crippen LogP contribution in [-0.2, 0) is 9.53 Å². The van der Waals surface area contributed by atoms with Gasteiger partial charge in [0.25, 0.3) is 0 Å². The van der Waals surface area contributed by atoms with Gasteiger partial charge in [0.15, 0.2) is 0 Å². The van der Waals surface area contributed by atoms with E-state index in [2.05, 4.69) is 16.3 Å². The number of methoxy groups -OCH3 is 1. The highest BCUT2D eigenvalue weighted by Gasteiger charge is 2.14. The largest absolute Gasteiger partial charge is 0.468 e. The third-order valence-electron chi connectivity index (χ3n) is 1.90. The van der Waals surface area contributed by atoms with Crippen LogP contribution in [0.4, 0.5) is 0 Å². The van der Waals surface area contributed by atoms with Crippen molar-refractivity contribution in [2.45, 2.75) is 33.2 Å². The van der Waals surface area contributed by atoms with Crippen molar-refractivity contribution < 1.29 is 9.53 Å². The molecule has 5 nitrogen and oxygen atoms in total. The molecule has 0 heterocycles. The summed E-state index contributed by atoms with van der Waals surface area (Å²) >= 11 is 0. The van der Waals surface area contributed by atoms with Crippen molar-refractivity contribution in [3.8, 4) is 0 Å². The fourth-order valence-corrected chi connectivity index (χ4v) is 0.803. The maximum atomic E-state index is 11.0. The molecular formula is C12H25N3O2. The zero-order valence-corrected chi connectivity index (χ0v) is 11.6. The maximum Gasteiger partial charge on any atom is 0.323 e. The number of nitrogens with two attached hydrogens (primary N) is 1. The number of hydrogen-bond acceptors (Lipinski definition) is 4. The molecule has 0 aromatic rings. The minimum Gasteiger partial charge on any atom is -0.468 e. The van der Waals surface area contributed by atoms with Gasteiger partial charge >= 0.3 is 5.97 Å². The highest BCUT2D eigenvalue weighted by molar-refractivity contribution is 5.75. The Morgan fingerprint density at radius 3 is 2.53 bits per heavy atom. The summed E-state index contributed by atoms with van der Waals surface area (Å²) in [6.45, 7) is 10.6. The summed E-state index contributed by atoms with van der Waals surface area (Å²) in [7, 11) is 3.20. The number of nitrogens with zero attached hydrogens (tertiary/aromatic N) is 2. The lowest BCUT2D eigenvalue weighted by molar-refractivity contribution is -0.142. The average Bonchev–Trinajstić information content (AvgIpc) is 2.36. The molecule has 0 bridgehead atoms. The Morgan fingerprint density at radius 1 is 1.59 bits per heavy atom. The van der Waals surface area contributed by atoms with Gasteiger partial charge < -0.3 is 15.4 Å². The summed E-state index contributed by atoms with van der Waals surface area (Å²) < 4.78 is 4.49. The van der Waals surface area contributed by atoms with Gasteiger partial charge in [0.1, 0.15) is 6.04 Å². The summed E-state index contributed by atoms with van der Waals surface area (Å²) in [6.07, 6.45) is 1.97. The molecule has 17 heavy (non-hydrogen) atoms. The summed E-state index contributed by atoms with van der Waals surface area (Å²) in [4.78, 5) is 17.0. The number of hydrogen-bond donors (Lipinski definition) is 1. The molecule has 0 rings (SSSR count). The van der Waals surface area contributed by atoms with E-state index in [-0.39, 0.29) is 0 Å². The van der Waals surface area contributed by atoms with E-state index in [1.54, 1.807) is 6.34 Å². The smallest absolute Gasteiger partial charge is 0.323 e. The number of esters is 1. The molecule has 0 aliphatic carbocycles. The molecule has 5 heteroatoms. The van der Waals surface area contributed by atoms with Crippen LogP contribution in [0, 0.1) is 0 Å². The van der Waals surface area contributed by atoms with E-state index in [0.717, 1.165) is 6.54 Å². The molecule has 1 atom stereocenters. The zero-order chi connectivity index (χ0) is 13.8. The van der Waals surface area contributed by atoms with Crippen LogP contribution in [0.25, 0.3) is 0 Å². The summed E-state index contributed by atoms with van der Waals surface area (Å²) in [6, 6.07) is -0.688. The highest BCUT2D eigenvalue weighted by atomic mass is 16.5. The first-order valence-corrected chi connectivity index (χ1v) is 5.76. The Labute approximate surface area is 104 Å². The Bertz CT molecular complexity index is 252.